The smallest absolute Gasteiger partial charge is 0.263 e. The number of hydrogen-bond donors (Lipinski definition) is 3. The number of carbonyl (C=O) groups is 1. The van der Waals surface area contributed by atoms with Crippen LogP contribution in [0.5, 0.6) is 0 Å². The molecule has 1 aliphatic rings. The molecule has 1 amide bonds. The van der Waals surface area contributed by atoms with E-state index in [4.69, 9.17) is 5.73 Å². The van der Waals surface area contributed by atoms with Gasteiger partial charge in [-0.25, -0.2) is 8.42 Å². The van der Waals surface area contributed by atoms with Crippen LogP contribution in [0.1, 0.15) is 32.3 Å². The van der Waals surface area contributed by atoms with Gasteiger partial charge in [0.15, 0.2) is 0 Å². The van der Waals surface area contributed by atoms with Crippen molar-refractivity contribution in [1.29, 1.82) is 0 Å². The van der Waals surface area contributed by atoms with Gasteiger partial charge in [-0.1, -0.05) is 26.0 Å². The van der Waals surface area contributed by atoms with Crippen LogP contribution < -0.4 is 15.8 Å². The second kappa shape index (κ2) is 6.67. The number of rotatable bonds is 6. The largest absolute Gasteiger partial charge is 0.353 e. The fraction of sp³-hybridized carbons (Fsp3) is 0.467. The van der Waals surface area contributed by atoms with Gasteiger partial charge in [0.05, 0.1) is 4.90 Å². The summed E-state index contributed by atoms with van der Waals surface area (Å²) in [6.07, 6.45) is 1.51. The van der Waals surface area contributed by atoms with Gasteiger partial charge in [-0.2, -0.15) is 0 Å². The molecule has 1 aromatic rings. The standard InChI is InChI=1S/C15H22N4O3S/c1-3-15(16,4-2)10-18-13(20)9-17-14-11-7-5-6-8-12(11)23(21,22)19-14/h5-8H,3-4,9-10,16H2,1-2H3,(H,17,19)(H,18,20). The summed E-state index contributed by atoms with van der Waals surface area (Å²) >= 11 is 0. The lowest BCUT2D eigenvalue weighted by atomic mass is 9.94. The SMILES string of the molecule is CCC(N)(CC)CNC(=O)CN=C1NS(=O)(=O)c2ccccc21. The third-order valence-corrected chi connectivity index (χ3v) is 5.49. The number of hydrogen-bond acceptors (Lipinski definition) is 5. The normalized spacial score (nSPS) is 17.6. The van der Waals surface area contributed by atoms with Crippen LogP contribution in [0.25, 0.3) is 0 Å². The topological polar surface area (TPSA) is 114 Å². The van der Waals surface area contributed by atoms with Crippen molar-refractivity contribution >= 4 is 21.8 Å². The Morgan fingerprint density at radius 1 is 1.30 bits per heavy atom. The number of carbonyl (C=O) groups excluding carboxylic acids is 1. The second-order valence-corrected chi connectivity index (χ2v) is 7.26. The number of nitrogens with one attached hydrogen (secondary N) is 2. The highest BCUT2D eigenvalue weighted by Crippen LogP contribution is 2.21. The Morgan fingerprint density at radius 2 is 1.96 bits per heavy atom. The van der Waals surface area contributed by atoms with Crippen molar-refractivity contribution in [2.45, 2.75) is 37.1 Å². The average Bonchev–Trinajstić information content (AvgIpc) is 2.82. The number of nitrogens with zero attached hydrogens (tertiary/aromatic N) is 1. The molecule has 0 atom stereocenters. The number of amidine groups is 1. The highest BCUT2D eigenvalue weighted by atomic mass is 32.2. The van der Waals surface area contributed by atoms with Crippen LogP contribution in [-0.4, -0.2) is 38.8 Å². The molecule has 0 bridgehead atoms. The van der Waals surface area contributed by atoms with Gasteiger partial charge in [-0.3, -0.25) is 14.5 Å². The molecule has 0 fully saturated rings. The number of nitrogens with two attached hydrogens (primary N) is 1. The van der Waals surface area contributed by atoms with E-state index in [0.29, 0.717) is 12.1 Å². The molecule has 8 heteroatoms. The van der Waals surface area contributed by atoms with Crippen molar-refractivity contribution in [3.8, 4) is 0 Å². The maximum Gasteiger partial charge on any atom is 0.263 e. The molecule has 2 rings (SSSR count). The highest BCUT2D eigenvalue weighted by Gasteiger charge is 2.30. The van der Waals surface area contributed by atoms with Gasteiger partial charge in [-0.15, -0.1) is 0 Å². The molecule has 7 nitrogen and oxygen atoms in total. The minimum Gasteiger partial charge on any atom is -0.353 e. The van der Waals surface area contributed by atoms with E-state index in [-0.39, 0.29) is 23.2 Å². The predicted octanol–water partition coefficient (Wildman–Crippen LogP) is 0.359. The van der Waals surface area contributed by atoms with Crippen molar-refractivity contribution in [3.05, 3.63) is 29.8 Å². The molecule has 0 unspecified atom stereocenters. The van der Waals surface area contributed by atoms with Gasteiger partial charge in [-0.05, 0) is 25.0 Å². The molecule has 4 N–H and O–H groups in total. The maximum atomic E-state index is 11.9. The highest BCUT2D eigenvalue weighted by molar-refractivity contribution is 7.90. The first-order valence-corrected chi connectivity index (χ1v) is 9.02. The van der Waals surface area contributed by atoms with Crippen LogP contribution in [-0.2, 0) is 14.8 Å². The van der Waals surface area contributed by atoms with Gasteiger partial charge in [0.2, 0.25) is 5.91 Å². The second-order valence-electron chi connectivity index (χ2n) is 5.61. The molecule has 0 radical (unpaired) electrons. The van der Waals surface area contributed by atoms with E-state index in [1.54, 1.807) is 18.2 Å². The van der Waals surface area contributed by atoms with E-state index < -0.39 is 15.6 Å². The van der Waals surface area contributed by atoms with Crippen LogP contribution >= 0.6 is 0 Å². The van der Waals surface area contributed by atoms with Gasteiger partial charge in [0.25, 0.3) is 10.0 Å². The zero-order valence-electron chi connectivity index (χ0n) is 13.3. The van der Waals surface area contributed by atoms with E-state index in [0.717, 1.165) is 12.8 Å². The number of sulfonamides is 1. The van der Waals surface area contributed by atoms with Crippen LogP contribution in [0.15, 0.2) is 34.2 Å². The Balaban J connectivity index is 2.03. The van der Waals surface area contributed by atoms with Crippen molar-refractivity contribution in [2.24, 2.45) is 10.7 Å². The number of benzene rings is 1. The molecule has 0 aromatic heterocycles. The summed E-state index contributed by atoms with van der Waals surface area (Å²) in [5, 5.41) is 2.75. The van der Waals surface area contributed by atoms with Crippen LogP contribution in [0.2, 0.25) is 0 Å². The monoisotopic (exact) mass is 338 g/mol. The van der Waals surface area contributed by atoms with E-state index >= 15 is 0 Å². The number of fused-ring (bicyclic) bond motifs is 1. The summed E-state index contributed by atoms with van der Waals surface area (Å²) in [6, 6.07) is 6.53. The summed E-state index contributed by atoms with van der Waals surface area (Å²) in [4.78, 5) is 16.2. The van der Waals surface area contributed by atoms with Gasteiger partial charge in [0, 0.05) is 17.6 Å². The molecular weight excluding hydrogens is 316 g/mol. The average molecular weight is 338 g/mol. The number of aliphatic imine (C=N–C) groups is 1. The Labute approximate surface area is 136 Å². The molecule has 0 aliphatic carbocycles. The van der Waals surface area contributed by atoms with E-state index in [1.165, 1.54) is 6.07 Å². The van der Waals surface area contributed by atoms with Gasteiger partial charge >= 0.3 is 0 Å². The summed E-state index contributed by atoms with van der Waals surface area (Å²) in [5.41, 5.74) is 6.18. The fourth-order valence-corrected chi connectivity index (χ4v) is 3.48. The Bertz CT molecular complexity index is 724. The predicted molar refractivity (Wildman–Crippen MR) is 88.7 cm³/mol. The summed E-state index contributed by atoms with van der Waals surface area (Å²) < 4.78 is 26.2. The van der Waals surface area contributed by atoms with Crippen molar-refractivity contribution in [1.82, 2.24) is 10.0 Å². The first kappa shape index (κ1) is 17.4. The molecule has 1 aromatic carbocycles. The first-order chi connectivity index (χ1) is 10.8. The molecule has 0 saturated carbocycles. The van der Waals surface area contributed by atoms with E-state index in [9.17, 15) is 13.2 Å². The summed E-state index contributed by atoms with van der Waals surface area (Å²) in [6.45, 7) is 4.15. The van der Waals surface area contributed by atoms with Crippen LogP contribution in [0.3, 0.4) is 0 Å². The molecule has 126 valence electrons. The quantitative estimate of drug-likeness (QED) is 0.695. The van der Waals surface area contributed by atoms with Crippen molar-refractivity contribution in [2.75, 3.05) is 13.1 Å². The van der Waals surface area contributed by atoms with Gasteiger partial charge < -0.3 is 11.1 Å². The van der Waals surface area contributed by atoms with E-state index in [1.807, 2.05) is 13.8 Å². The zero-order chi connectivity index (χ0) is 17.1. The number of amides is 1. The zero-order valence-corrected chi connectivity index (χ0v) is 14.1. The molecule has 1 heterocycles. The lowest BCUT2D eigenvalue weighted by Gasteiger charge is -2.26. The third-order valence-electron chi connectivity index (χ3n) is 4.09. The lowest BCUT2D eigenvalue weighted by molar-refractivity contribution is -0.119. The molecule has 23 heavy (non-hydrogen) atoms. The summed E-state index contributed by atoms with van der Waals surface area (Å²) in [5.74, 6) is -0.0986. The molecule has 1 aliphatic heterocycles. The van der Waals surface area contributed by atoms with E-state index in [2.05, 4.69) is 15.0 Å². The van der Waals surface area contributed by atoms with Crippen LogP contribution in [0, 0.1) is 0 Å². The molecule has 0 spiro atoms. The van der Waals surface area contributed by atoms with Gasteiger partial charge in [0.1, 0.15) is 12.4 Å². The first-order valence-electron chi connectivity index (χ1n) is 7.53. The molecular formula is C15H22N4O3S. The summed E-state index contributed by atoms with van der Waals surface area (Å²) in [7, 11) is -3.58. The Morgan fingerprint density at radius 3 is 2.61 bits per heavy atom. The lowest BCUT2D eigenvalue weighted by Crippen LogP contribution is -2.49. The third kappa shape index (κ3) is 3.89. The Hall–Kier alpha value is -1.93. The minimum atomic E-state index is -3.58. The Kier molecular flexibility index (Phi) is 5.06. The van der Waals surface area contributed by atoms with Crippen molar-refractivity contribution < 1.29 is 13.2 Å². The minimum absolute atomic E-state index is 0.157. The van der Waals surface area contributed by atoms with Crippen molar-refractivity contribution in [3.63, 3.8) is 0 Å². The maximum absolute atomic E-state index is 11.9. The fourth-order valence-electron chi connectivity index (χ4n) is 2.23. The molecule has 0 saturated heterocycles. The van der Waals surface area contributed by atoms with Crippen LogP contribution in [0.4, 0.5) is 0 Å².